The van der Waals surface area contributed by atoms with Crippen LogP contribution in [0, 0.1) is 0 Å². The number of nitrogens with one attached hydrogen (secondary N) is 10. The van der Waals surface area contributed by atoms with Gasteiger partial charge in [-0.25, -0.2) is 0 Å². The van der Waals surface area contributed by atoms with Crippen molar-refractivity contribution in [2.75, 3.05) is 42.5 Å². The molecule has 4 saturated carbocycles. The fourth-order valence-corrected chi connectivity index (χ4v) is 15.2. The summed E-state index contributed by atoms with van der Waals surface area (Å²) >= 11 is 0. The van der Waals surface area contributed by atoms with Crippen molar-refractivity contribution in [2.24, 2.45) is 0 Å². The van der Waals surface area contributed by atoms with Crippen molar-refractivity contribution in [1.29, 1.82) is 0 Å². The molecular weight excluding hydrogens is 921 g/mol. The van der Waals surface area contributed by atoms with E-state index >= 15 is 19.2 Å². The Morgan fingerprint density at radius 1 is 0.250 bits per heavy atom. The van der Waals surface area contributed by atoms with Crippen molar-refractivity contribution in [3.63, 3.8) is 0 Å². The molecule has 4 fully saturated rings. The predicted octanol–water partition coefficient (Wildman–Crippen LogP) is 6.16. The van der Waals surface area contributed by atoms with E-state index in [1.165, 1.54) is 0 Å². The molecule has 8 aliphatic heterocycles. The molecule has 20 heteroatoms. The molecule has 0 aromatic heterocycles. The Morgan fingerprint density at radius 3 is 0.611 bits per heavy atom. The largest absolute Gasteiger partial charge is 0.378 e. The van der Waals surface area contributed by atoms with Crippen LogP contribution in [0.2, 0.25) is 0 Å². The monoisotopic (exact) mass is 970 g/mol. The highest BCUT2D eigenvalue weighted by atomic mass is 16.2. The summed E-state index contributed by atoms with van der Waals surface area (Å²) in [7, 11) is 0. The molecule has 8 amide bonds. The molecule has 8 atom stereocenters. The van der Waals surface area contributed by atoms with Gasteiger partial charge in [-0.1, -0.05) is 51.4 Å². The predicted molar refractivity (Wildman–Crippen MR) is 266 cm³/mol. The number of carbonyl (C=O) groups excluding carboxylic acids is 8. The number of rotatable bonds is 1. The first kappa shape index (κ1) is 41.0. The van der Waals surface area contributed by atoms with Crippen LogP contribution in [0.5, 0.6) is 0 Å². The third-order valence-electron chi connectivity index (χ3n) is 18.4. The molecule has 12 aliphatic rings. The van der Waals surface area contributed by atoms with E-state index in [1.54, 1.807) is 0 Å². The summed E-state index contributed by atoms with van der Waals surface area (Å²) in [6.07, 6.45) is 13.5. The zero-order valence-electron chi connectivity index (χ0n) is 39.1. The van der Waals surface area contributed by atoms with Gasteiger partial charge < -0.3 is 42.5 Å². The fourth-order valence-electron chi connectivity index (χ4n) is 15.2. The third kappa shape index (κ3) is 5.02. The maximum Gasteiger partial charge on any atom is 0.283 e. The van der Waals surface area contributed by atoms with Crippen molar-refractivity contribution in [1.82, 2.24) is 20.7 Å². The Bertz CT molecular complexity index is 3010. The van der Waals surface area contributed by atoms with Gasteiger partial charge in [-0.05, 0) is 51.4 Å². The molecule has 0 radical (unpaired) electrons. The maximum absolute atomic E-state index is 16.2. The van der Waals surface area contributed by atoms with E-state index in [0.717, 1.165) is 103 Å². The first-order valence-corrected chi connectivity index (χ1v) is 26.1. The van der Waals surface area contributed by atoms with Crippen molar-refractivity contribution in [2.45, 2.75) is 151 Å². The first-order valence-electron chi connectivity index (χ1n) is 26.1. The summed E-state index contributed by atoms with van der Waals surface area (Å²) in [6.45, 7) is 0. The van der Waals surface area contributed by atoms with E-state index in [2.05, 4.69) is 53.2 Å². The second kappa shape index (κ2) is 14.1. The smallest absolute Gasteiger partial charge is 0.283 e. The number of hydrogen-bond acceptors (Lipinski definition) is 16. The molecule has 0 bridgehead atoms. The fraction of sp³-hybridized carbons (Fsp3) is 0.462. The summed E-state index contributed by atoms with van der Waals surface area (Å²) in [5.74, 6) is -6.66. The molecular formula is C52H50N12O8. The van der Waals surface area contributed by atoms with E-state index in [-0.39, 0.29) is 137 Å². The summed E-state index contributed by atoms with van der Waals surface area (Å²) in [5.41, 5.74) is 2.56. The highest BCUT2D eigenvalue weighted by Crippen LogP contribution is 2.57. The second-order valence-electron chi connectivity index (χ2n) is 22.1. The lowest BCUT2D eigenvalue weighted by Crippen LogP contribution is -2.59. The molecule has 4 aliphatic carbocycles. The molecule has 366 valence electrons. The van der Waals surface area contributed by atoms with Gasteiger partial charge in [0.2, 0.25) is 0 Å². The van der Waals surface area contributed by atoms with Crippen LogP contribution < -0.4 is 53.2 Å². The molecule has 8 unspecified atom stereocenters. The van der Waals surface area contributed by atoms with Gasteiger partial charge in [0, 0.05) is 69.9 Å². The van der Waals surface area contributed by atoms with Gasteiger partial charge in [-0.3, -0.25) is 49.0 Å². The number of anilines is 8. The summed E-state index contributed by atoms with van der Waals surface area (Å²) in [6, 6.07) is -1.18. The van der Waals surface area contributed by atoms with Gasteiger partial charge in [0.15, 0.2) is 0 Å². The minimum absolute atomic E-state index is 0.0494. The number of fused-ring (bicyclic) bond motifs is 16. The Morgan fingerprint density at radius 2 is 0.417 bits per heavy atom. The number of carbonyl (C=O) groups is 8. The minimum Gasteiger partial charge on any atom is -0.378 e. The summed E-state index contributed by atoms with van der Waals surface area (Å²) < 4.78 is 0. The van der Waals surface area contributed by atoms with E-state index in [9.17, 15) is 19.2 Å². The highest BCUT2D eigenvalue weighted by molar-refractivity contribution is 6.44. The second-order valence-corrected chi connectivity index (χ2v) is 22.1. The van der Waals surface area contributed by atoms with E-state index in [0.29, 0.717) is 32.8 Å². The molecule has 72 heavy (non-hydrogen) atoms. The van der Waals surface area contributed by atoms with Crippen LogP contribution in [0.3, 0.4) is 0 Å². The average molecular weight is 971 g/mol. The van der Waals surface area contributed by atoms with Gasteiger partial charge in [0.25, 0.3) is 47.3 Å². The lowest BCUT2D eigenvalue weighted by Gasteiger charge is -2.47. The number of nitrogens with zero attached hydrogens (tertiary/aromatic N) is 2. The SMILES string of the molecule is O=C1NC(=O)c2c3c(c4c5c(c6c(c1c25)NC1CCCCC1N6)C(=O)N(N1C(=O)c2c5c(c6c7c(c8c(c(c27)C1=O)NC1CCCCC1N8)C(=O)NC6=O)NC1CCCCC1N5)C4=O)NC1CCCCC1N3. The lowest BCUT2D eigenvalue weighted by atomic mass is 9.78. The average Bonchev–Trinajstić information content (AvgIpc) is 3.38. The molecule has 0 saturated heterocycles. The Balaban J connectivity index is 0.976. The Hall–Kier alpha value is -7.64. The van der Waals surface area contributed by atoms with Crippen LogP contribution >= 0.6 is 0 Å². The van der Waals surface area contributed by atoms with Crippen molar-refractivity contribution >= 4 is 114 Å². The van der Waals surface area contributed by atoms with Crippen LogP contribution in [0.15, 0.2) is 0 Å². The van der Waals surface area contributed by atoms with Gasteiger partial charge in [-0.15, -0.1) is 0 Å². The van der Waals surface area contributed by atoms with Gasteiger partial charge in [0.05, 0.1) is 90.0 Å². The standard InChI is InChI=1S/C52H50N12O8/c65-45-29-25-27-33(41-37(29)53-17-9-1-5-13-21(17)57-41)49(69)63(50(70)34(27)42-38(30(25)46(66)61-45)54-18-10-2-6-14-22(18)58-42)64-51(71)35-28-26-31(39-43(35)59-23-15-7-3-11-19(23)55-39)47(67)62-48(68)32(26)40-44(36(28)52(64)72)60-24-16-8-4-12-20(24)56-40/h17-24,53-60H,1-16H2,(H,61,65,66)(H,62,67,68). The van der Waals surface area contributed by atoms with Gasteiger partial charge >= 0.3 is 0 Å². The molecule has 16 rings (SSSR count). The molecule has 4 aromatic rings. The van der Waals surface area contributed by atoms with Crippen molar-refractivity contribution in [3.05, 3.63) is 44.5 Å². The molecule has 8 heterocycles. The number of hydrogen-bond donors (Lipinski definition) is 10. The van der Waals surface area contributed by atoms with Crippen LogP contribution in [0.4, 0.5) is 45.5 Å². The molecule has 10 N–H and O–H groups in total. The van der Waals surface area contributed by atoms with Crippen LogP contribution in [0.1, 0.15) is 186 Å². The number of amides is 8. The normalized spacial score (nSPS) is 29.8. The number of benzene rings is 4. The molecule has 20 nitrogen and oxygen atoms in total. The molecule has 0 spiro atoms. The van der Waals surface area contributed by atoms with Crippen molar-refractivity contribution < 1.29 is 38.4 Å². The van der Waals surface area contributed by atoms with E-state index in [4.69, 9.17) is 0 Å². The summed E-state index contributed by atoms with van der Waals surface area (Å²) in [5, 5.41) is 35.9. The first-order chi connectivity index (χ1) is 35.0. The van der Waals surface area contributed by atoms with Crippen LogP contribution in [-0.2, 0) is 0 Å². The zero-order chi connectivity index (χ0) is 48.3. The van der Waals surface area contributed by atoms with Gasteiger partial charge in [-0.2, -0.15) is 10.0 Å². The van der Waals surface area contributed by atoms with Gasteiger partial charge in [0.1, 0.15) is 0 Å². The zero-order valence-corrected chi connectivity index (χ0v) is 39.1. The Labute approximate surface area is 410 Å². The van der Waals surface area contributed by atoms with Crippen molar-refractivity contribution in [3.8, 4) is 0 Å². The summed E-state index contributed by atoms with van der Waals surface area (Å²) in [4.78, 5) is 122. The van der Waals surface area contributed by atoms with E-state index < -0.39 is 47.3 Å². The molecule has 4 aromatic carbocycles. The topological polar surface area (TPSA) is 263 Å². The third-order valence-corrected chi connectivity index (χ3v) is 18.4. The lowest BCUT2D eigenvalue weighted by molar-refractivity contribution is 0.00226. The number of imide groups is 4. The van der Waals surface area contributed by atoms with E-state index in [1.807, 2.05) is 0 Å². The minimum atomic E-state index is -0.993. The highest BCUT2D eigenvalue weighted by Gasteiger charge is 2.55. The van der Waals surface area contributed by atoms with Crippen LogP contribution in [-0.4, -0.2) is 106 Å². The number of hydrazine groups is 1. The quantitative estimate of drug-likeness (QED) is 0.0958. The van der Waals surface area contributed by atoms with Crippen LogP contribution in [0.25, 0.3) is 21.5 Å². The maximum atomic E-state index is 16.2. The Kier molecular flexibility index (Phi) is 8.01.